The predicted octanol–water partition coefficient (Wildman–Crippen LogP) is 2.04. The number of hydrogen-bond donors (Lipinski definition) is 2. The van der Waals surface area contributed by atoms with Gasteiger partial charge in [-0.25, -0.2) is 4.39 Å². The van der Waals surface area contributed by atoms with E-state index >= 15 is 0 Å². The van der Waals surface area contributed by atoms with E-state index in [0.717, 1.165) is 37.8 Å². The number of anilines is 1. The number of hydrazine groups is 1. The predicted molar refractivity (Wildman–Crippen MR) is 75.2 cm³/mol. The number of nitro groups is 1. The minimum Gasteiger partial charge on any atom is -0.338 e. The number of carbonyl (C=O) groups is 1. The normalized spacial score (nSPS) is 15.4. The van der Waals surface area contributed by atoms with E-state index in [4.69, 9.17) is 5.84 Å². The van der Waals surface area contributed by atoms with Crippen molar-refractivity contribution in [2.75, 3.05) is 18.5 Å². The lowest BCUT2D eigenvalue weighted by atomic mass is 10.1. The van der Waals surface area contributed by atoms with Crippen LogP contribution in [0.1, 0.15) is 36.0 Å². The van der Waals surface area contributed by atoms with Crippen molar-refractivity contribution in [3.8, 4) is 0 Å². The maximum Gasteiger partial charge on any atom is 0.285 e. The lowest BCUT2D eigenvalue weighted by molar-refractivity contribution is -0.385. The number of nitrogens with one attached hydrogen (secondary N) is 1. The second kappa shape index (κ2) is 6.49. The molecule has 0 atom stereocenters. The lowest BCUT2D eigenvalue weighted by Crippen LogP contribution is -2.32. The molecule has 21 heavy (non-hydrogen) atoms. The minimum atomic E-state index is -0.864. The average molecular weight is 296 g/mol. The minimum absolute atomic E-state index is 0.140. The van der Waals surface area contributed by atoms with Crippen LogP contribution in [0.2, 0.25) is 0 Å². The van der Waals surface area contributed by atoms with Crippen LogP contribution in [0.3, 0.4) is 0 Å². The summed E-state index contributed by atoms with van der Waals surface area (Å²) < 4.78 is 13.6. The third kappa shape index (κ3) is 3.27. The van der Waals surface area contributed by atoms with Crippen molar-refractivity contribution in [1.29, 1.82) is 0 Å². The molecule has 1 saturated heterocycles. The fourth-order valence-corrected chi connectivity index (χ4v) is 2.44. The molecule has 1 fully saturated rings. The van der Waals surface area contributed by atoms with Gasteiger partial charge in [0, 0.05) is 13.1 Å². The van der Waals surface area contributed by atoms with Crippen LogP contribution in [0.15, 0.2) is 12.1 Å². The highest BCUT2D eigenvalue weighted by Crippen LogP contribution is 2.27. The van der Waals surface area contributed by atoms with Crippen molar-refractivity contribution in [1.82, 2.24) is 4.90 Å². The SMILES string of the molecule is NNc1cc(C(=O)N2CCCCCC2)c([N+](=O)[O-])cc1F. The first-order valence-electron chi connectivity index (χ1n) is 6.78. The van der Waals surface area contributed by atoms with Crippen molar-refractivity contribution in [2.24, 2.45) is 5.84 Å². The van der Waals surface area contributed by atoms with Crippen LogP contribution in [0, 0.1) is 15.9 Å². The van der Waals surface area contributed by atoms with Crippen LogP contribution in [0.4, 0.5) is 15.8 Å². The van der Waals surface area contributed by atoms with Crippen LogP contribution in [-0.4, -0.2) is 28.8 Å². The van der Waals surface area contributed by atoms with Crippen molar-refractivity contribution in [3.05, 3.63) is 33.6 Å². The average Bonchev–Trinajstić information content (AvgIpc) is 2.75. The number of rotatable bonds is 3. The van der Waals surface area contributed by atoms with Gasteiger partial charge < -0.3 is 10.3 Å². The molecule has 8 heteroatoms. The highest BCUT2D eigenvalue weighted by Gasteiger charge is 2.27. The monoisotopic (exact) mass is 296 g/mol. The molecule has 0 bridgehead atoms. The number of hydrogen-bond acceptors (Lipinski definition) is 5. The molecule has 2 rings (SSSR count). The number of carbonyl (C=O) groups excluding carboxylic acids is 1. The maximum atomic E-state index is 13.6. The number of benzene rings is 1. The Hall–Kier alpha value is -2.22. The molecule has 7 nitrogen and oxygen atoms in total. The smallest absolute Gasteiger partial charge is 0.285 e. The second-order valence-corrected chi connectivity index (χ2v) is 4.96. The summed E-state index contributed by atoms with van der Waals surface area (Å²) in [5.74, 6) is 3.84. The van der Waals surface area contributed by atoms with Crippen molar-refractivity contribution < 1.29 is 14.1 Å². The summed E-state index contributed by atoms with van der Waals surface area (Å²) in [4.78, 5) is 24.4. The number of nitrogen functional groups attached to an aromatic ring is 1. The first-order valence-corrected chi connectivity index (χ1v) is 6.78. The van der Waals surface area contributed by atoms with E-state index < -0.39 is 22.3 Å². The fourth-order valence-electron chi connectivity index (χ4n) is 2.44. The molecule has 0 saturated carbocycles. The zero-order valence-corrected chi connectivity index (χ0v) is 11.5. The van der Waals surface area contributed by atoms with Gasteiger partial charge in [0.25, 0.3) is 11.6 Å². The van der Waals surface area contributed by atoms with E-state index in [9.17, 15) is 19.3 Å². The van der Waals surface area contributed by atoms with E-state index in [1.807, 2.05) is 0 Å². The Balaban J connectivity index is 2.40. The van der Waals surface area contributed by atoms with E-state index in [0.29, 0.717) is 13.1 Å². The first-order chi connectivity index (χ1) is 10.0. The van der Waals surface area contributed by atoms with Crippen LogP contribution in [0.5, 0.6) is 0 Å². The van der Waals surface area contributed by atoms with Crippen LogP contribution in [0.25, 0.3) is 0 Å². The van der Waals surface area contributed by atoms with Crippen LogP contribution in [-0.2, 0) is 0 Å². The van der Waals surface area contributed by atoms with Gasteiger partial charge >= 0.3 is 0 Å². The lowest BCUT2D eigenvalue weighted by Gasteiger charge is -2.20. The summed E-state index contributed by atoms with van der Waals surface area (Å²) in [6, 6.07) is 1.82. The molecule has 1 aromatic rings. The molecule has 1 aromatic carbocycles. The van der Waals surface area contributed by atoms with Crippen molar-refractivity contribution in [3.63, 3.8) is 0 Å². The molecule has 1 aliphatic rings. The fraction of sp³-hybridized carbons (Fsp3) is 0.462. The Kier molecular flexibility index (Phi) is 4.69. The molecule has 1 amide bonds. The quantitative estimate of drug-likeness (QED) is 0.505. The van der Waals surface area contributed by atoms with Gasteiger partial charge in [0.05, 0.1) is 16.7 Å². The summed E-state index contributed by atoms with van der Waals surface area (Å²) in [5.41, 5.74) is 1.28. The maximum absolute atomic E-state index is 13.6. The van der Waals surface area contributed by atoms with Gasteiger partial charge in [-0.15, -0.1) is 0 Å². The summed E-state index contributed by atoms with van der Waals surface area (Å²) >= 11 is 0. The summed E-state index contributed by atoms with van der Waals surface area (Å²) in [5, 5.41) is 11.0. The number of nitro benzene ring substituents is 1. The van der Waals surface area contributed by atoms with Crippen molar-refractivity contribution >= 4 is 17.3 Å². The third-order valence-electron chi connectivity index (χ3n) is 3.56. The summed E-state index contributed by atoms with van der Waals surface area (Å²) in [6.45, 7) is 1.11. The van der Waals surface area contributed by atoms with E-state index in [1.54, 1.807) is 4.90 Å². The Morgan fingerprint density at radius 1 is 1.29 bits per heavy atom. The van der Waals surface area contributed by atoms with E-state index in [1.165, 1.54) is 0 Å². The van der Waals surface area contributed by atoms with Gasteiger partial charge in [-0.1, -0.05) is 12.8 Å². The number of likely N-dealkylation sites (tertiary alicyclic amines) is 1. The zero-order chi connectivity index (χ0) is 15.4. The Bertz CT molecular complexity index is 557. The standard InChI is InChI=1S/C13H17FN4O3/c14-10-8-12(18(20)21)9(7-11(10)16-15)13(19)17-5-3-1-2-4-6-17/h7-8,16H,1-6,15H2. The number of nitrogens with zero attached hydrogens (tertiary/aromatic N) is 2. The largest absolute Gasteiger partial charge is 0.338 e. The molecular formula is C13H17FN4O3. The first kappa shape index (κ1) is 15.2. The molecule has 0 spiro atoms. The van der Waals surface area contributed by atoms with Crippen LogP contribution < -0.4 is 11.3 Å². The van der Waals surface area contributed by atoms with E-state index in [2.05, 4.69) is 5.43 Å². The van der Waals surface area contributed by atoms with Gasteiger partial charge in [-0.3, -0.25) is 20.8 Å². The molecule has 1 heterocycles. The summed E-state index contributed by atoms with van der Waals surface area (Å²) in [7, 11) is 0. The number of halogens is 1. The van der Waals surface area contributed by atoms with Gasteiger partial charge in [-0.05, 0) is 18.9 Å². The summed E-state index contributed by atoms with van der Waals surface area (Å²) in [6.07, 6.45) is 3.79. The zero-order valence-electron chi connectivity index (χ0n) is 11.5. The van der Waals surface area contributed by atoms with Gasteiger partial charge in [-0.2, -0.15) is 0 Å². The molecule has 1 aliphatic heterocycles. The Morgan fingerprint density at radius 2 is 1.90 bits per heavy atom. The van der Waals surface area contributed by atoms with Gasteiger partial charge in [0.15, 0.2) is 5.82 Å². The molecule has 0 radical (unpaired) electrons. The van der Waals surface area contributed by atoms with Crippen molar-refractivity contribution in [2.45, 2.75) is 25.7 Å². The molecule has 0 aliphatic carbocycles. The molecule has 114 valence electrons. The number of amides is 1. The molecule has 0 aromatic heterocycles. The van der Waals surface area contributed by atoms with Gasteiger partial charge in [0.1, 0.15) is 5.56 Å². The van der Waals surface area contributed by atoms with Crippen LogP contribution >= 0.6 is 0 Å². The van der Waals surface area contributed by atoms with E-state index in [-0.39, 0.29) is 11.3 Å². The topological polar surface area (TPSA) is 102 Å². The Morgan fingerprint density at radius 3 is 2.43 bits per heavy atom. The molecule has 3 N–H and O–H groups in total. The third-order valence-corrected chi connectivity index (χ3v) is 3.56. The molecular weight excluding hydrogens is 279 g/mol. The molecule has 0 unspecified atom stereocenters. The highest BCUT2D eigenvalue weighted by atomic mass is 19.1. The highest BCUT2D eigenvalue weighted by molar-refractivity contribution is 5.99. The van der Waals surface area contributed by atoms with Gasteiger partial charge in [0.2, 0.25) is 0 Å². The number of nitrogens with two attached hydrogens (primary N) is 1. The Labute approximate surface area is 121 Å². The second-order valence-electron chi connectivity index (χ2n) is 4.96.